The number of imide groups is 1. The molecule has 0 spiro atoms. The lowest BCUT2D eigenvalue weighted by molar-refractivity contribution is 0.0655. The van der Waals surface area contributed by atoms with E-state index < -0.39 is 0 Å². The van der Waals surface area contributed by atoms with Crippen LogP contribution in [0.1, 0.15) is 39.1 Å². The van der Waals surface area contributed by atoms with Gasteiger partial charge in [0, 0.05) is 15.4 Å². The fourth-order valence-electron chi connectivity index (χ4n) is 2.62. The quantitative estimate of drug-likeness (QED) is 0.346. The molecule has 1 aliphatic rings. The van der Waals surface area contributed by atoms with Gasteiger partial charge in [0.1, 0.15) is 0 Å². The number of amides is 2. The predicted molar refractivity (Wildman–Crippen MR) is 117 cm³/mol. The second kappa shape index (κ2) is 10.8. The Morgan fingerprint density at radius 3 is 2.00 bits per heavy atom. The highest BCUT2D eigenvalue weighted by Crippen LogP contribution is 2.22. The van der Waals surface area contributed by atoms with Crippen LogP contribution in [0.15, 0.2) is 48.5 Å². The molecule has 1 heterocycles. The number of carbonyl (C=O) groups is 2. The van der Waals surface area contributed by atoms with Crippen LogP contribution in [-0.2, 0) is 6.42 Å². The molecule has 0 bridgehead atoms. The molecule has 2 aromatic carbocycles. The summed E-state index contributed by atoms with van der Waals surface area (Å²) >= 11 is 5.59. The number of halogens is 2. The maximum absolute atomic E-state index is 11.8. The Bertz CT molecular complexity index is 715. The van der Waals surface area contributed by atoms with Crippen LogP contribution in [0.2, 0.25) is 0 Å². The van der Waals surface area contributed by atoms with Gasteiger partial charge in [0.2, 0.25) is 0 Å². The topological polar surface area (TPSA) is 63.4 Å². The number of carbonyl (C=O) groups excluding carboxylic acids is 2. The summed E-state index contributed by atoms with van der Waals surface area (Å²) in [7, 11) is 0. The Kier molecular flexibility index (Phi) is 8.74. The fourth-order valence-corrected chi connectivity index (χ4v) is 3.23. The monoisotopic (exact) mass is 528 g/mol. The molecular formula is C20H22BrIN2O2. The number of hydrogen-bond donors (Lipinski definition) is 1. The van der Waals surface area contributed by atoms with Gasteiger partial charge in [0.25, 0.3) is 11.8 Å². The molecule has 0 saturated carbocycles. The first-order valence-electron chi connectivity index (χ1n) is 8.54. The summed E-state index contributed by atoms with van der Waals surface area (Å²) in [5.74, 6) is -0.340. The molecule has 6 heteroatoms. The summed E-state index contributed by atoms with van der Waals surface area (Å²) in [5.41, 5.74) is 7.84. The van der Waals surface area contributed by atoms with Gasteiger partial charge >= 0.3 is 0 Å². The maximum atomic E-state index is 11.8. The zero-order valence-corrected chi connectivity index (χ0v) is 18.2. The maximum Gasteiger partial charge on any atom is 0.261 e. The van der Waals surface area contributed by atoms with Crippen molar-refractivity contribution >= 4 is 50.3 Å². The lowest BCUT2D eigenvalue weighted by Gasteiger charge is -2.11. The van der Waals surface area contributed by atoms with Gasteiger partial charge < -0.3 is 5.73 Å². The molecule has 0 saturated heterocycles. The summed E-state index contributed by atoms with van der Waals surface area (Å²) in [6.45, 7) is 1.27. The molecule has 4 nitrogen and oxygen atoms in total. The van der Waals surface area contributed by atoms with Gasteiger partial charge in [-0.15, -0.1) is 0 Å². The number of rotatable bonds is 6. The molecule has 0 radical (unpaired) electrons. The smallest absolute Gasteiger partial charge is 0.261 e. The van der Waals surface area contributed by atoms with Crippen molar-refractivity contribution in [3.63, 3.8) is 0 Å². The zero-order valence-electron chi connectivity index (χ0n) is 14.5. The van der Waals surface area contributed by atoms with Gasteiger partial charge in [0.15, 0.2) is 0 Å². The molecular weight excluding hydrogens is 507 g/mol. The Labute approximate surface area is 176 Å². The highest BCUT2D eigenvalue weighted by atomic mass is 127. The molecule has 2 aromatic rings. The van der Waals surface area contributed by atoms with Crippen LogP contribution in [0.5, 0.6) is 0 Å². The van der Waals surface area contributed by atoms with Crippen LogP contribution >= 0.6 is 38.5 Å². The third-order valence-corrected chi connectivity index (χ3v) is 5.26. The minimum Gasteiger partial charge on any atom is -0.330 e. The van der Waals surface area contributed by atoms with Crippen LogP contribution in [0.3, 0.4) is 0 Å². The SMILES string of the molecule is NCCCc1ccc(I)cc1.O=C1c2ccccc2C(=O)N1CCCBr. The van der Waals surface area contributed by atoms with E-state index in [0.29, 0.717) is 17.7 Å². The highest BCUT2D eigenvalue weighted by Gasteiger charge is 2.34. The summed E-state index contributed by atoms with van der Waals surface area (Å²) in [5, 5.41) is 0.792. The van der Waals surface area contributed by atoms with Crippen LogP contribution in [-0.4, -0.2) is 35.1 Å². The minimum atomic E-state index is -0.170. The van der Waals surface area contributed by atoms with E-state index in [0.717, 1.165) is 31.1 Å². The van der Waals surface area contributed by atoms with Crippen LogP contribution in [0, 0.1) is 3.57 Å². The number of nitrogens with two attached hydrogens (primary N) is 1. The molecule has 138 valence electrons. The molecule has 2 N–H and O–H groups in total. The van der Waals surface area contributed by atoms with Gasteiger partial charge in [-0.05, 0) is 78.2 Å². The van der Waals surface area contributed by atoms with Crippen molar-refractivity contribution in [2.24, 2.45) is 5.73 Å². The van der Waals surface area contributed by atoms with E-state index in [1.807, 2.05) is 0 Å². The Hall–Kier alpha value is -1.25. The molecule has 0 aliphatic carbocycles. The van der Waals surface area contributed by atoms with Crippen LogP contribution in [0.25, 0.3) is 0 Å². The molecule has 1 aliphatic heterocycles. The van der Waals surface area contributed by atoms with E-state index in [2.05, 4.69) is 62.8 Å². The van der Waals surface area contributed by atoms with Crippen molar-refractivity contribution in [3.05, 3.63) is 68.8 Å². The molecule has 2 amide bonds. The third-order valence-electron chi connectivity index (χ3n) is 3.98. The lowest BCUT2D eigenvalue weighted by Crippen LogP contribution is -2.30. The number of aryl methyl sites for hydroxylation is 1. The molecule has 0 unspecified atom stereocenters. The van der Waals surface area contributed by atoms with Crippen molar-refractivity contribution < 1.29 is 9.59 Å². The number of nitrogens with zero attached hydrogens (tertiary/aromatic N) is 1. The first-order valence-corrected chi connectivity index (χ1v) is 10.7. The summed E-state index contributed by atoms with van der Waals surface area (Å²) in [6.07, 6.45) is 2.97. The number of hydrogen-bond acceptors (Lipinski definition) is 3. The average Bonchev–Trinajstić information content (AvgIpc) is 2.91. The van der Waals surface area contributed by atoms with Gasteiger partial charge in [-0.2, -0.15) is 0 Å². The van der Waals surface area contributed by atoms with Gasteiger partial charge in [-0.25, -0.2) is 0 Å². The number of fused-ring (bicyclic) bond motifs is 1. The van der Waals surface area contributed by atoms with Crippen molar-refractivity contribution in [2.45, 2.75) is 19.3 Å². The van der Waals surface area contributed by atoms with Crippen molar-refractivity contribution in [1.82, 2.24) is 4.90 Å². The van der Waals surface area contributed by atoms with E-state index in [-0.39, 0.29) is 11.8 Å². The first kappa shape index (κ1) is 21.1. The lowest BCUT2D eigenvalue weighted by atomic mass is 10.1. The van der Waals surface area contributed by atoms with E-state index in [4.69, 9.17) is 5.73 Å². The Balaban J connectivity index is 0.000000197. The molecule has 26 heavy (non-hydrogen) atoms. The number of benzene rings is 2. The Morgan fingerprint density at radius 1 is 0.923 bits per heavy atom. The zero-order chi connectivity index (χ0) is 18.9. The van der Waals surface area contributed by atoms with Gasteiger partial charge in [-0.1, -0.05) is 40.2 Å². The summed E-state index contributed by atoms with van der Waals surface area (Å²) < 4.78 is 1.29. The van der Waals surface area contributed by atoms with E-state index in [9.17, 15) is 9.59 Å². The molecule has 0 atom stereocenters. The molecule has 3 rings (SSSR count). The first-order chi connectivity index (χ1) is 12.6. The molecule has 0 aromatic heterocycles. The second-order valence-corrected chi connectivity index (χ2v) is 7.91. The van der Waals surface area contributed by atoms with Crippen molar-refractivity contribution in [2.75, 3.05) is 18.4 Å². The van der Waals surface area contributed by atoms with Gasteiger partial charge in [0.05, 0.1) is 11.1 Å². The van der Waals surface area contributed by atoms with Crippen LogP contribution in [0.4, 0.5) is 0 Å². The Morgan fingerprint density at radius 2 is 1.50 bits per heavy atom. The third kappa shape index (κ3) is 5.62. The minimum absolute atomic E-state index is 0.170. The van der Waals surface area contributed by atoms with Gasteiger partial charge in [-0.3, -0.25) is 14.5 Å². The van der Waals surface area contributed by atoms with Crippen molar-refractivity contribution in [3.8, 4) is 0 Å². The molecule has 0 fully saturated rings. The number of alkyl halides is 1. The second-order valence-electron chi connectivity index (χ2n) is 5.87. The fraction of sp³-hybridized carbons (Fsp3) is 0.300. The standard InChI is InChI=1S/C11H10BrNO2.C9H12IN/c12-6-3-7-13-10(14)8-4-1-2-5-9(8)11(13)15;10-9-5-3-8(4-6-9)2-1-7-11/h1-2,4-5H,3,6-7H2;3-6H,1-2,7,11H2. The average molecular weight is 529 g/mol. The predicted octanol–water partition coefficient (Wildman–Crippen LogP) is 4.25. The summed E-state index contributed by atoms with van der Waals surface area (Å²) in [4.78, 5) is 24.9. The highest BCUT2D eigenvalue weighted by molar-refractivity contribution is 14.1. The van der Waals surface area contributed by atoms with E-state index in [1.165, 1.54) is 14.0 Å². The van der Waals surface area contributed by atoms with E-state index in [1.54, 1.807) is 24.3 Å². The van der Waals surface area contributed by atoms with Crippen molar-refractivity contribution in [1.29, 1.82) is 0 Å². The van der Waals surface area contributed by atoms with E-state index >= 15 is 0 Å². The largest absolute Gasteiger partial charge is 0.330 e. The normalized spacial score (nSPS) is 12.7. The summed E-state index contributed by atoms with van der Waals surface area (Å²) in [6, 6.07) is 15.5. The van der Waals surface area contributed by atoms with Crippen LogP contribution < -0.4 is 5.73 Å².